The van der Waals surface area contributed by atoms with E-state index in [9.17, 15) is 9.59 Å². The number of carbonyl (C=O) groups is 2. The van der Waals surface area contributed by atoms with Gasteiger partial charge in [0.25, 0.3) is 11.8 Å². The van der Waals surface area contributed by atoms with Gasteiger partial charge in [0, 0.05) is 31.2 Å². The van der Waals surface area contributed by atoms with Crippen molar-refractivity contribution in [2.45, 2.75) is 19.8 Å². The van der Waals surface area contributed by atoms with E-state index in [2.05, 4.69) is 17.2 Å². The molecule has 1 aliphatic rings. The number of benzene rings is 1. The lowest BCUT2D eigenvalue weighted by Crippen LogP contribution is -2.38. The molecule has 0 radical (unpaired) electrons. The SMILES string of the molecule is COc1ccc(NC(=O)c2cncc(C(=O)N3CCC(C)CC3)c2)cc1. The number of nitrogens with one attached hydrogen (secondary N) is 1. The molecule has 2 aromatic rings. The monoisotopic (exact) mass is 353 g/mol. The maximum atomic E-state index is 12.7. The molecule has 0 unspecified atom stereocenters. The van der Waals surface area contributed by atoms with Crippen molar-refractivity contribution in [1.29, 1.82) is 0 Å². The molecule has 26 heavy (non-hydrogen) atoms. The van der Waals surface area contributed by atoms with Crippen LogP contribution in [0.5, 0.6) is 5.75 Å². The van der Waals surface area contributed by atoms with Crippen molar-refractivity contribution in [2.24, 2.45) is 5.92 Å². The summed E-state index contributed by atoms with van der Waals surface area (Å²) in [6.07, 6.45) is 5.01. The van der Waals surface area contributed by atoms with Crippen LogP contribution >= 0.6 is 0 Å². The number of amides is 2. The van der Waals surface area contributed by atoms with Gasteiger partial charge < -0.3 is 15.0 Å². The molecular formula is C20H23N3O3. The van der Waals surface area contributed by atoms with Crippen LogP contribution in [0.2, 0.25) is 0 Å². The van der Waals surface area contributed by atoms with Gasteiger partial charge in [-0.3, -0.25) is 14.6 Å². The molecule has 1 aromatic heterocycles. The zero-order chi connectivity index (χ0) is 18.5. The van der Waals surface area contributed by atoms with Gasteiger partial charge in [-0.1, -0.05) is 6.92 Å². The Morgan fingerprint density at radius 1 is 1.12 bits per heavy atom. The van der Waals surface area contributed by atoms with Gasteiger partial charge >= 0.3 is 0 Å². The standard InChI is InChI=1S/C20H23N3O3/c1-14-7-9-23(10-8-14)20(25)16-11-15(12-21-13-16)19(24)22-17-3-5-18(26-2)6-4-17/h3-6,11-14H,7-10H2,1-2H3,(H,22,24). The highest BCUT2D eigenvalue weighted by atomic mass is 16.5. The van der Waals surface area contributed by atoms with Crippen molar-refractivity contribution in [3.05, 3.63) is 53.9 Å². The summed E-state index contributed by atoms with van der Waals surface area (Å²) in [5, 5.41) is 2.80. The van der Waals surface area contributed by atoms with E-state index in [1.165, 1.54) is 12.4 Å². The van der Waals surface area contributed by atoms with Crippen LogP contribution in [-0.4, -0.2) is 41.9 Å². The van der Waals surface area contributed by atoms with Gasteiger partial charge in [-0.2, -0.15) is 0 Å². The third-order valence-electron chi connectivity index (χ3n) is 4.67. The first-order valence-corrected chi connectivity index (χ1v) is 8.76. The summed E-state index contributed by atoms with van der Waals surface area (Å²) in [5.41, 5.74) is 1.46. The Bertz CT molecular complexity index is 781. The van der Waals surface area contributed by atoms with E-state index >= 15 is 0 Å². The Labute approximate surface area is 153 Å². The summed E-state index contributed by atoms with van der Waals surface area (Å²) in [6.45, 7) is 3.71. The van der Waals surface area contributed by atoms with Crippen LogP contribution in [0.25, 0.3) is 0 Å². The summed E-state index contributed by atoms with van der Waals surface area (Å²) in [4.78, 5) is 31.0. The Balaban J connectivity index is 1.69. The first-order valence-electron chi connectivity index (χ1n) is 8.76. The van der Waals surface area contributed by atoms with Crippen LogP contribution in [0.4, 0.5) is 5.69 Å². The van der Waals surface area contributed by atoms with E-state index in [0.29, 0.717) is 28.5 Å². The predicted molar refractivity (Wildman–Crippen MR) is 99.5 cm³/mol. The third kappa shape index (κ3) is 4.20. The minimum Gasteiger partial charge on any atom is -0.497 e. The number of rotatable bonds is 4. The van der Waals surface area contributed by atoms with Crippen molar-refractivity contribution in [2.75, 3.05) is 25.5 Å². The number of carbonyl (C=O) groups excluding carboxylic acids is 2. The summed E-state index contributed by atoms with van der Waals surface area (Å²) in [7, 11) is 1.59. The maximum Gasteiger partial charge on any atom is 0.257 e. The van der Waals surface area contributed by atoms with Crippen molar-refractivity contribution in [3.8, 4) is 5.75 Å². The number of hydrogen-bond acceptors (Lipinski definition) is 4. The van der Waals surface area contributed by atoms with E-state index in [4.69, 9.17) is 4.74 Å². The van der Waals surface area contributed by atoms with Crippen LogP contribution in [0, 0.1) is 5.92 Å². The van der Waals surface area contributed by atoms with Gasteiger partial charge in [0.1, 0.15) is 5.75 Å². The normalized spacial score (nSPS) is 14.8. The molecule has 3 rings (SSSR count). The van der Waals surface area contributed by atoms with Gasteiger partial charge in [0.2, 0.25) is 0 Å². The van der Waals surface area contributed by atoms with Crippen LogP contribution in [0.1, 0.15) is 40.5 Å². The molecule has 6 heteroatoms. The molecule has 0 saturated carbocycles. The number of likely N-dealkylation sites (tertiary alicyclic amines) is 1. The average molecular weight is 353 g/mol. The number of pyridine rings is 1. The minimum absolute atomic E-state index is 0.0662. The molecule has 2 heterocycles. The number of aromatic nitrogens is 1. The molecule has 0 aliphatic carbocycles. The van der Waals surface area contributed by atoms with Gasteiger partial charge in [-0.05, 0) is 49.1 Å². The van der Waals surface area contributed by atoms with Crippen molar-refractivity contribution < 1.29 is 14.3 Å². The first kappa shape index (κ1) is 17.9. The second kappa shape index (κ2) is 7.99. The molecule has 6 nitrogen and oxygen atoms in total. The second-order valence-corrected chi connectivity index (χ2v) is 6.62. The van der Waals surface area contributed by atoms with Crippen LogP contribution in [0.15, 0.2) is 42.7 Å². The van der Waals surface area contributed by atoms with Gasteiger partial charge in [0.15, 0.2) is 0 Å². The lowest BCUT2D eigenvalue weighted by molar-refractivity contribution is 0.0697. The number of piperidine rings is 1. The highest BCUT2D eigenvalue weighted by molar-refractivity contribution is 6.05. The number of anilines is 1. The molecular weight excluding hydrogens is 330 g/mol. The number of nitrogens with zero attached hydrogens (tertiary/aromatic N) is 2. The molecule has 2 amide bonds. The van der Waals surface area contributed by atoms with Crippen molar-refractivity contribution in [1.82, 2.24) is 9.88 Å². The second-order valence-electron chi connectivity index (χ2n) is 6.62. The summed E-state index contributed by atoms with van der Waals surface area (Å²) < 4.78 is 5.10. The smallest absolute Gasteiger partial charge is 0.257 e. The summed E-state index contributed by atoms with van der Waals surface area (Å²) in [5.74, 6) is 1.000. The number of hydrogen-bond donors (Lipinski definition) is 1. The maximum absolute atomic E-state index is 12.7. The number of ether oxygens (including phenoxy) is 1. The fraction of sp³-hybridized carbons (Fsp3) is 0.350. The largest absolute Gasteiger partial charge is 0.497 e. The first-order chi connectivity index (χ1) is 12.6. The molecule has 0 bridgehead atoms. The average Bonchev–Trinajstić information content (AvgIpc) is 2.68. The van der Waals surface area contributed by atoms with Crippen molar-refractivity contribution >= 4 is 17.5 Å². The quantitative estimate of drug-likeness (QED) is 0.916. The predicted octanol–water partition coefficient (Wildman–Crippen LogP) is 3.21. The van der Waals surface area contributed by atoms with Gasteiger partial charge in [-0.25, -0.2) is 0 Å². The summed E-state index contributed by atoms with van der Waals surface area (Å²) in [6, 6.07) is 8.66. The molecule has 1 fully saturated rings. The number of methoxy groups -OCH3 is 1. The molecule has 0 spiro atoms. The lowest BCUT2D eigenvalue weighted by atomic mass is 9.98. The molecule has 0 atom stereocenters. The van der Waals surface area contributed by atoms with Gasteiger partial charge in [0.05, 0.1) is 18.2 Å². The molecule has 1 N–H and O–H groups in total. The highest BCUT2D eigenvalue weighted by Crippen LogP contribution is 2.19. The van der Waals surface area contributed by atoms with E-state index in [1.54, 1.807) is 37.4 Å². The van der Waals surface area contributed by atoms with Crippen LogP contribution in [0.3, 0.4) is 0 Å². The zero-order valence-corrected chi connectivity index (χ0v) is 15.1. The van der Waals surface area contributed by atoms with Crippen molar-refractivity contribution in [3.63, 3.8) is 0 Å². The van der Waals surface area contributed by atoms with Gasteiger partial charge in [-0.15, -0.1) is 0 Å². The summed E-state index contributed by atoms with van der Waals surface area (Å²) >= 11 is 0. The minimum atomic E-state index is -0.301. The van der Waals surface area contributed by atoms with E-state index in [1.807, 2.05) is 4.90 Å². The van der Waals surface area contributed by atoms with Crippen LogP contribution < -0.4 is 10.1 Å². The molecule has 1 aromatic carbocycles. The molecule has 1 aliphatic heterocycles. The van der Waals surface area contributed by atoms with E-state index < -0.39 is 0 Å². The van der Waals surface area contributed by atoms with E-state index in [0.717, 1.165) is 25.9 Å². The van der Waals surface area contributed by atoms with E-state index in [-0.39, 0.29) is 11.8 Å². The fourth-order valence-corrected chi connectivity index (χ4v) is 2.95. The zero-order valence-electron chi connectivity index (χ0n) is 15.1. The van der Waals surface area contributed by atoms with Crippen LogP contribution in [-0.2, 0) is 0 Å². The highest BCUT2D eigenvalue weighted by Gasteiger charge is 2.22. The Morgan fingerprint density at radius 3 is 2.42 bits per heavy atom. The third-order valence-corrected chi connectivity index (χ3v) is 4.67. The Morgan fingerprint density at radius 2 is 1.77 bits per heavy atom. The fourth-order valence-electron chi connectivity index (χ4n) is 2.95. The lowest BCUT2D eigenvalue weighted by Gasteiger charge is -2.30. The Hall–Kier alpha value is -2.89. The Kier molecular flexibility index (Phi) is 5.51. The topological polar surface area (TPSA) is 71.5 Å². The molecule has 136 valence electrons. The molecule has 1 saturated heterocycles.